The van der Waals surface area contributed by atoms with Crippen molar-refractivity contribution in [1.82, 2.24) is 4.90 Å². The van der Waals surface area contributed by atoms with Gasteiger partial charge in [-0.25, -0.2) is 0 Å². The molecule has 0 unspecified atom stereocenters. The van der Waals surface area contributed by atoms with Crippen LogP contribution in [0.25, 0.3) is 0 Å². The van der Waals surface area contributed by atoms with Gasteiger partial charge in [0, 0.05) is 12.5 Å². The molecule has 4 heteroatoms. The molecule has 1 heterocycles. The topological polar surface area (TPSA) is 52.9 Å². The lowest BCUT2D eigenvalue weighted by atomic mass is 9.99. The highest BCUT2D eigenvalue weighted by Crippen LogP contribution is 2.21. The molecule has 1 fully saturated rings. The Hall–Kier alpha value is -0.160. The highest BCUT2D eigenvalue weighted by molar-refractivity contribution is 4.85. The van der Waals surface area contributed by atoms with E-state index in [9.17, 15) is 10.2 Å². The molecule has 0 aromatic rings. The fourth-order valence-corrected chi connectivity index (χ4v) is 1.56. The van der Waals surface area contributed by atoms with E-state index in [0.29, 0.717) is 6.42 Å². The Balaban J connectivity index is 2.60. The standard InChI is InChI=1S/C8H17NO3/c1-5-8(11)6(9(2)3)4-7(10)12-5/h5-8,10-11H,4H2,1-3H3/t5-,6+,7-,8+/m0/s1. The summed E-state index contributed by atoms with van der Waals surface area (Å²) in [6, 6.07) is -0.0104. The number of aliphatic hydroxyl groups excluding tert-OH is 2. The second kappa shape index (κ2) is 3.70. The van der Waals surface area contributed by atoms with Crippen LogP contribution in [0, 0.1) is 0 Å². The third kappa shape index (κ3) is 1.95. The Labute approximate surface area is 72.7 Å². The van der Waals surface area contributed by atoms with Gasteiger partial charge in [0.05, 0.1) is 12.2 Å². The Morgan fingerprint density at radius 1 is 1.33 bits per heavy atom. The first kappa shape index (κ1) is 9.92. The highest BCUT2D eigenvalue weighted by Gasteiger charge is 2.35. The quantitative estimate of drug-likeness (QED) is 0.559. The van der Waals surface area contributed by atoms with E-state index >= 15 is 0 Å². The van der Waals surface area contributed by atoms with Crippen molar-refractivity contribution >= 4 is 0 Å². The first-order valence-electron chi connectivity index (χ1n) is 4.20. The Kier molecular flexibility index (Phi) is 3.06. The number of aliphatic hydroxyl groups is 2. The fraction of sp³-hybridized carbons (Fsp3) is 1.00. The number of ether oxygens (including phenoxy) is 1. The van der Waals surface area contributed by atoms with Gasteiger partial charge in [-0.2, -0.15) is 0 Å². The van der Waals surface area contributed by atoms with Gasteiger partial charge in [0.15, 0.2) is 6.29 Å². The van der Waals surface area contributed by atoms with Crippen molar-refractivity contribution in [2.24, 2.45) is 0 Å². The molecule has 1 aliphatic heterocycles. The van der Waals surface area contributed by atoms with Crippen LogP contribution in [-0.4, -0.2) is 53.7 Å². The largest absolute Gasteiger partial charge is 0.389 e. The van der Waals surface area contributed by atoms with E-state index in [2.05, 4.69) is 0 Å². The van der Waals surface area contributed by atoms with Gasteiger partial charge < -0.3 is 19.8 Å². The molecule has 0 bridgehead atoms. The maximum absolute atomic E-state index is 9.65. The summed E-state index contributed by atoms with van der Waals surface area (Å²) in [5.74, 6) is 0. The van der Waals surface area contributed by atoms with Crippen LogP contribution in [0.15, 0.2) is 0 Å². The molecule has 1 aliphatic rings. The third-order valence-corrected chi connectivity index (χ3v) is 2.35. The predicted molar refractivity (Wildman–Crippen MR) is 44.7 cm³/mol. The van der Waals surface area contributed by atoms with Gasteiger partial charge >= 0.3 is 0 Å². The first-order valence-corrected chi connectivity index (χ1v) is 4.20. The van der Waals surface area contributed by atoms with Crippen LogP contribution in [0.3, 0.4) is 0 Å². The molecule has 12 heavy (non-hydrogen) atoms. The van der Waals surface area contributed by atoms with E-state index in [1.807, 2.05) is 19.0 Å². The van der Waals surface area contributed by atoms with E-state index in [4.69, 9.17) is 4.74 Å². The molecule has 0 spiro atoms. The molecule has 0 radical (unpaired) electrons. The van der Waals surface area contributed by atoms with E-state index in [-0.39, 0.29) is 12.1 Å². The molecule has 0 saturated carbocycles. The van der Waals surface area contributed by atoms with E-state index in [0.717, 1.165) is 0 Å². The van der Waals surface area contributed by atoms with Gasteiger partial charge in [0.25, 0.3) is 0 Å². The number of rotatable bonds is 1. The lowest BCUT2D eigenvalue weighted by molar-refractivity contribution is -0.212. The molecule has 1 saturated heterocycles. The van der Waals surface area contributed by atoms with E-state index < -0.39 is 12.4 Å². The minimum atomic E-state index is -0.740. The van der Waals surface area contributed by atoms with Crippen molar-refractivity contribution in [2.75, 3.05) is 14.1 Å². The van der Waals surface area contributed by atoms with Gasteiger partial charge in [-0.05, 0) is 21.0 Å². The Bertz CT molecular complexity index is 151. The summed E-state index contributed by atoms with van der Waals surface area (Å²) in [7, 11) is 3.78. The summed E-state index contributed by atoms with van der Waals surface area (Å²) in [6.07, 6.45) is -1.07. The van der Waals surface area contributed by atoms with Crippen molar-refractivity contribution in [3.05, 3.63) is 0 Å². The Morgan fingerprint density at radius 2 is 1.92 bits per heavy atom. The number of hydrogen-bond donors (Lipinski definition) is 2. The lowest BCUT2D eigenvalue weighted by Gasteiger charge is -2.39. The molecule has 0 aromatic carbocycles. The summed E-state index contributed by atoms with van der Waals surface area (Å²) < 4.78 is 5.06. The van der Waals surface area contributed by atoms with Crippen LogP contribution in [0.5, 0.6) is 0 Å². The normalized spacial score (nSPS) is 43.5. The number of likely N-dealkylation sites (N-methyl/N-ethyl adjacent to an activating group) is 1. The minimum Gasteiger partial charge on any atom is -0.389 e. The molecule has 0 aliphatic carbocycles. The lowest BCUT2D eigenvalue weighted by Crippen LogP contribution is -2.52. The van der Waals surface area contributed by atoms with Crippen LogP contribution in [0.4, 0.5) is 0 Å². The van der Waals surface area contributed by atoms with E-state index in [1.54, 1.807) is 6.92 Å². The SMILES string of the molecule is C[C@@H]1O[C@H](O)C[C@@H](N(C)C)[C@@H]1O. The van der Waals surface area contributed by atoms with Gasteiger partial charge in [0.1, 0.15) is 0 Å². The van der Waals surface area contributed by atoms with Crippen LogP contribution >= 0.6 is 0 Å². The molecule has 2 N–H and O–H groups in total. The minimum absolute atomic E-state index is 0.0104. The van der Waals surface area contributed by atoms with Gasteiger partial charge in [-0.1, -0.05) is 0 Å². The van der Waals surface area contributed by atoms with Crippen molar-refractivity contribution < 1.29 is 14.9 Å². The van der Waals surface area contributed by atoms with Crippen LogP contribution < -0.4 is 0 Å². The summed E-state index contributed by atoms with van der Waals surface area (Å²) >= 11 is 0. The number of hydrogen-bond acceptors (Lipinski definition) is 4. The molecular weight excluding hydrogens is 158 g/mol. The zero-order valence-electron chi connectivity index (χ0n) is 7.77. The predicted octanol–water partition coefficient (Wildman–Crippen LogP) is -0.595. The molecule has 72 valence electrons. The van der Waals surface area contributed by atoms with Crippen LogP contribution in [0.1, 0.15) is 13.3 Å². The molecule has 4 atom stereocenters. The summed E-state index contributed by atoms with van der Waals surface area (Å²) in [6.45, 7) is 1.77. The maximum atomic E-state index is 9.65. The second-order valence-corrected chi connectivity index (χ2v) is 3.55. The zero-order valence-corrected chi connectivity index (χ0v) is 7.77. The fourth-order valence-electron chi connectivity index (χ4n) is 1.56. The molecule has 0 amide bonds. The van der Waals surface area contributed by atoms with Crippen molar-refractivity contribution in [2.45, 2.75) is 37.9 Å². The molecule has 1 rings (SSSR count). The maximum Gasteiger partial charge on any atom is 0.156 e. The average molecular weight is 175 g/mol. The second-order valence-electron chi connectivity index (χ2n) is 3.55. The smallest absolute Gasteiger partial charge is 0.156 e. The number of nitrogens with zero attached hydrogens (tertiary/aromatic N) is 1. The van der Waals surface area contributed by atoms with Crippen molar-refractivity contribution in [3.63, 3.8) is 0 Å². The first-order chi connectivity index (χ1) is 5.52. The summed E-state index contributed by atoms with van der Waals surface area (Å²) in [5, 5.41) is 18.9. The zero-order chi connectivity index (χ0) is 9.30. The van der Waals surface area contributed by atoms with Crippen molar-refractivity contribution in [1.29, 1.82) is 0 Å². The van der Waals surface area contributed by atoms with Gasteiger partial charge in [-0.3, -0.25) is 0 Å². The van der Waals surface area contributed by atoms with Crippen molar-refractivity contribution in [3.8, 4) is 0 Å². The Morgan fingerprint density at radius 3 is 2.42 bits per heavy atom. The molecule has 0 aromatic heterocycles. The highest BCUT2D eigenvalue weighted by atomic mass is 16.6. The average Bonchev–Trinajstić information content (AvgIpc) is 1.96. The molecule has 4 nitrogen and oxygen atoms in total. The third-order valence-electron chi connectivity index (χ3n) is 2.35. The summed E-state index contributed by atoms with van der Waals surface area (Å²) in [4.78, 5) is 1.91. The van der Waals surface area contributed by atoms with Crippen LogP contribution in [-0.2, 0) is 4.74 Å². The monoisotopic (exact) mass is 175 g/mol. The van der Waals surface area contributed by atoms with Gasteiger partial charge in [0.2, 0.25) is 0 Å². The molecular formula is C8H17NO3. The summed E-state index contributed by atoms with van der Waals surface area (Å²) in [5.41, 5.74) is 0. The van der Waals surface area contributed by atoms with Gasteiger partial charge in [-0.15, -0.1) is 0 Å². The van der Waals surface area contributed by atoms with Crippen LogP contribution in [0.2, 0.25) is 0 Å². The van der Waals surface area contributed by atoms with E-state index in [1.165, 1.54) is 0 Å².